The SMILES string of the molecule is CN(CCc1ccccc1)C(=O)Cc1cc(/C=C/C(=O)O)cc2c(Oc3ccccc3)cccc12. The molecule has 0 aliphatic carbocycles. The molecule has 1 N–H and O–H groups in total. The Labute approximate surface area is 204 Å². The van der Waals surface area contributed by atoms with Gasteiger partial charge in [-0.1, -0.05) is 66.7 Å². The van der Waals surface area contributed by atoms with Crippen LogP contribution in [0.1, 0.15) is 16.7 Å². The molecule has 0 atom stereocenters. The van der Waals surface area contributed by atoms with Gasteiger partial charge in [0.25, 0.3) is 0 Å². The summed E-state index contributed by atoms with van der Waals surface area (Å²) < 4.78 is 6.13. The van der Waals surface area contributed by atoms with Crippen LogP contribution in [0.3, 0.4) is 0 Å². The minimum atomic E-state index is -1.03. The fourth-order valence-corrected chi connectivity index (χ4v) is 3.94. The Bertz CT molecular complexity index is 1350. The molecular formula is C30H27NO4. The molecule has 0 bridgehead atoms. The molecular weight excluding hydrogens is 438 g/mol. The average Bonchev–Trinajstić information content (AvgIpc) is 2.87. The zero-order chi connectivity index (χ0) is 24.6. The van der Waals surface area contributed by atoms with Crippen LogP contribution in [0.25, 0.3) is 16.8 Å². The van der Waals surface area contributed by atoms with Crippen molar-refractivity contribution in [3.05, 3.63) is 114 Å². The van der Waals surface area contributed by atoms with Crippen molar-refractivity contribution in [2.45, 2.75) is 12.8 Å². The first-order valence-electron chi connectivity index (χ1n) is 11.5. The molecule has 0 aromatic heterocycles. The van der Waals surface area contributed by atoms with E-state index >= 15 is 0 Å². The molecule has 35 heavy (non-hydrogen) atoms. The highest BCUT2D eigenvalue weighted by Gasteiger charge is 2.15. The first-order chi connectivity index (χ1) is 17.0. The zero-order valence-corrected chi connectivity index (χ0v) is 19.6. The van der Waals surface area contributed by atoms with Gasteiger partial charge in [0.15, 0.2) is 0 Å². The second-order valence-electron chi connectivity index (χ2n) is 8.35. The Kier molecular flexibility index (Phi) is 7.58. The van der Waals surface area contributed by atoms with Crippen LogP contribution in [0.5, 0.6) is 11.5 Å². The normalized spacial score (nSPS) is 11.0. The number of aliphatic carboxylic acids is 1. The van der Waals surface area contributed by atoms with E-state index < -0.39 is 5.97 Å². The molecule has 0 fully saturated rings. The number of nitrogens with zero attached hydrogens (tertiary/aromatic N) is 1. The Balaban J connectivity index is 1.64. The zero-order valence-electron chi connectivity index (χ0n) is 19.6. The third-order valence-corrected chi connectivity index (χ3v) is 5.80. The van der Waals surface area contributed by atoms with Gasteiger partial charge < -0.3 is 14.7 Å². The van der Waals surface area contributed by atoms with Crippen molar-refractivity contribution in [3.63, 3.8) is 0 Å². The molecule has 0 aliphatic heterocycles. The summed E-state index contributed by atoms with van der Waals surface area (Å²) in [5, 5.41) is 10.8. The number of benzene rings is 4. The number of hydrogen-bond donors (Lipinski definition) is 1. The number of carbonyl (C=O) groups excluding carboxylic acids is 1. The highest BCUT2D eigenvalue weighted by Crippen LogP contribution is 2.33. The molecule has 0 saturated heterocycles. The smallest absolute Gasteiger partial charge is 0.328 e. The number of carboxylic acid groups (broad SMARTS) is 1. The Morgan fingerprint density at radius 2 is 1.60 bits per heavy atom. The summed E-state index contributed by atoms with van der Waals surface area (Å²) >= 11 is 0. The van der Waals surface area contributed by atoms with Crippen molar-refractivity contribution in [2.75, 3.05) is 13.6 Å². The second-order valence-corrected chi connectivity index (χ2v) is 8.35. The number of likely N-dealkylation sites (N-methyl/N-ethyl adjacent to an activating group) is 1. The maximum Gasteiger partial charge on any atom is 0.328 e. The predicted octanol–water partition coefficient (Wildman–Crippen LogP) is 5.97. The monoisotopic (exact) mass is 465 g/mol. The van der Waals surface area contributed by atoms with Crippen LogP contribution in [-0.4, -0.2) is 35.5 Å². The Morgan fingerprint density at radius 3 is 2.31 bits per heavy atom. The maximum absolute atomic E-state index is 13.1. The maximum atomic E-state index is 13.1. The van der Waals surface area contributed by atoms with E-state index in [2.05, 4.69) is 12.1 Å². The number of fused-ring (bicyclic) bond motifs is 1. The third-order valence-electron chi connectivity index (χ3n) is 5.80. The molecule has 176 valence electrons. The molecule has 4 aromatic rings. The highest BCUT2D eigenvalue weighted by atomic mass is 16.5. The lowest BCUT2D eigenvalue weighted by Gasteiger charge is -2.19. The number of carbonyl (C=O) groups is 2. The lowest BCUT2D eigenvalue weighted by Crippen LogP contribution is -2.30. The van der Waals surface area contributed by atoms with Crippen LogP contribution >= 0.6 is 0 Å². The second kappa shape index (κ2) is 11.2. The summed E-state index contributed by atoms with van der Waals surface area (Å²) in [6, 6.07) is 29.0. The molecule has 4 rings (SSSR count). The number of rotatable bonds is 9. The van der Waals surface area contributed by atoms with Crippen LogP contribution in [0.15, 0.2) is 97.1 Å². The van der Waals surface area contributed by atoms with Crippen molar-refractivity contribution < 1.29 is 19.4 Å². The van der Waals surface area contributed by atoms with Gasteiger partial charge in [-0.15, -0.1) is 0 Å². The Morgan fingerprint density at radius 1 is 0.886 bits per heavy atom. The van der Waals surface area contributed by atoms with Crippen LogP contribution in [0.4, 0.5) is 0 Å². The quantitative estimate of drug-likeness (QED) is 0.309. The van der Waals surface area contributed by atoms with Gasteiger partial charge in [0.1, 0.15) is 11.5 Å². The van der Waals surface area contributed by atoms with Gasteiger partial charge in [-0.25, -0.2) is 4.79 Å². The fraction of sp³-hybridized carbons (Fsp3) is 0.133. The van der Waals surface area contributed by atoms with Gasteiger partial charge in [0, 0.05) is 25.1 Å². The topological polar surface area (TPSA) is 66.8 Å². The molecule has 5 heteroatoms. The lowest BCUT2D eigenvalue weighted by atomic mass is 9.97. The standard InChI is InChI=1S/C30H27NO4/c1-31(18-17-22-9-4-2-5-10-22)29(32)21-24-19-23(15-16-30(33)34)20-27-26(24)13-8-14-28(27)35-25-11-6-3-7-12-25/h2-16,19-20H,17-18,21H2,1H3,(H,33,34)/b16-15+. The van der Waals surface area contributed by atoms with Crippen LogP contribution < -0.4 is 4.74 Å². The molecule has 4 aromatic carbocycles. The summed E-state index contributed by atoms with van der Waals surface area (Å²) in [5.74, 6) is 0.309. The molecule has 1 amide bonds. The number of carboxylic acids is 1. The van der Waals surface area contributed by atoms with E-state index in [4.69, 9.17) is 9.84 Å². The van der Waals surface area contributed by atoms with Crippen LogP contribution in [0.2, 0.25) is 0 Å². The van der Waals surface area contributed by atoms with E-state index in [0.717, 1.165) is 28.8 Å². The van der Waals surface area contributed by atoms with E-state index in [9.17, 15) is 9.59 Å². The van der Waals surface area contributed by atoms with Gasteiger partial charge in [-0.3, -0.25) is 4.79 Å². The molecule has 5 nitrogen and oxygen atoms in total. The Hall–Kier alpha value is -4.38. The summed E-state index contributed by atoms with van der Waals surface area (Å²) in [4.78, 5) is 26.0. The van der Waals surface area contributed by atoms with Crippen molar-refractivity contribution in [3.8, 4) is 11.5 Å². The van der Waals surface area contributed by atoms with E-state index in [0.29, 0.717) is 23.6 Å². The van der Waals surface area contributed by atoms with E-state index in [1.54, 1.807) is 4.90 Å². The minimum absolute atomic E-state index is 0.00373. The molecule has 0 spiro atoms. The lowest BCUT2D eigenvalue weighted by molar-refractivity contribution is -0.131. The molecule has 0 heterocycles. The van der Waals surface area contributed by atoms with Crippen LogP contribution in [0, 0.1) is 0 Å². The van der Waals surface area contributed by atoms with Crippen molar-refractivity contribution in [1.29, 1.82) is 0 Å². The van der Waals surface area contributed by atoms with E-state index in [-0.39, 0.29) is 12.3 Å². The summed E-state index contributed by atoms with van der Waals surface area (Å²) in [6.45, 7) is 0.613. The van der Waals surface area contributed by atoms with Gasteiger partial charge >= 0.3 is 5.97 Å². The molecule has 0 radical (unpaired) electrons. The molecule has 0 aliphatic rings. The number of para-hydroxylation sites is 1. The fourth-order valence-electron chi connectivity index (χ4n) is 3.94. The molecule has 0 unspecified atom stereocenters. The first kappa shape index (κ1) is 23.8. The summed E-state index contributed by atoms with van der Waals surface area (Å²) in [7, 11) is 1.81. The van der Waals surface area contributed by atoms with Gasteiger partial charge in [-0.2, -0.15) is 0 Å². The summed E-state index contributed by atoms with van der Waals surface area (Å²) in [6.07, 6.45) is 3.61. The predicted molar refractivity (Wildman–Crippen MR) is 139 cm³/mol. The summed E-state index contributed by atoms with van der Waals surface area (Å²) in [5.41, 5.74) is 2.70. The highest BCUT2D eigenvalue weighted by molar-refractivity contribution is 5.96. The average molecular weight is 466 g/mol. The van der Waals surface area contributed by atoms with Crippen molar-refractivity contribution >= 4 is 28.7 Å². The molecule has 0 saturated carbocycles. The minimum Gasteiger partial charge on any atom is -0.478 e. The number of hydrogen-bond acceptors (Lipinski definition) is 3. The van der Waals surface area contributed by atoms with Crippen LogP contribution in [-0.2, 0) is 22.4 Å². The third kappa shape index (κ3) is 6.36. The van der Waals surface area contributed by atoms with Gasteiger partial charge in [0.05, 0.1) is 6.42 Å². The number of ether oxygens (including phenoxy) is 1. The van der Waals surface area contributed by atoms with Gasteiger partial charge in [0.2, 0.25) is 5.91 Å². The number of amides is 1. The van der Waals surface area contributed by atoms with Crippen molar-refractivity contribution in [1.82, 2.24) is 4.90 Å². The van der Waals surface area contributed by atoms with E-state index in [1.165, 1.54) is 11.6 Å². The largest absolute Gasteiger partial charge is 0.478 e. The van der Waals surface area contributed by atoms with Crippen molar-refractivity contribution in [2.24, 2.45) is 0 Å². The van der Waals surface area contributed by atoms with E-state index in [1.807, 2.05) is 85.9 Å². The van der Waals surface area contributed by atoms with Gasteiger partial charge in [-0.05, 0) is 58.8 Å². The first-order valence-corrected chi connectivity index (χ1v) is 11.5.